The number of anilines is 2. The topological polar surface area (TPSA) is 130 Å². The lowest BCUT2D eigenvalue weighted by Gasteiger charge is -2.23. The molecule has 182 valence electrons. The highest BCUT2D eigenvalue weighted by Gasteiger charge is 2.37. The molecule has 6 rings (SSSR count). The highest BCUT2D eigenvalue weighted by Crippen LogP contribution is 2.30. The van der Waals surface area contributed by atoms with Crippen LogP contribution >= 0.6 is 0 Å². The van der Waals surface area contributed by atoms with Crippen molar-refractivity contribution in [2.24, 2.45) is 5.92 Å². The fraction of sp³-hybridized carbons (Fsp3) is 0.435. The largest absolute Gasteiger partial charge is 0.381 e. The van der Waals surface area contributed by atoms with Gasteiger partial charge in [-0.25, -0.2) is 28.4 Å². The molecule has 0 aromatic carbocycles. The number of hydrogen-bond donors (Lipinski definition) is 1. The van der Waals surface area contributed by atoms with Crippen molar-refractivity contribution in [2.75, 3.05) is 18.5 Å². The first kappa shape index (κ1) is 22.1. The summed E-state index contributed by atoms with van der Waals surface area (Å²) in [6.07, 6.45) is 9.79. The van der Waals surface area contributed by atoms with Gasteiger partial charge in [-0.05, 0) is 44.6 Å². The summed E-state index contributed by atoms with van der Waals surface area (Å²) >= 11 is 0. The summed E-state index contributed by atoms with van der Waals surface area (Å²) in [5, 5.41) is 6.94. The van der Waals surface area contributed by atoms with E-state index in [-0.39, 0.29) is 5.25 Å². The Morgan fingerprint density at radius 1 is 1.09 bits per heavy atom. The molecular weight excluding hydrogens is 468 g/mol. The van der Waals surface area contributed by atoms with Gasteiger partial charge in [0.25, 0.3) is 10.0 Å². The quantitative estimate of drug-likeness (QED) is 0.412. The molecule has 1 aliphatic carbocycles. The Morgan fingerprint density at radius 3 is 2.71 bits per heavy atom. The van der Waals surface area contributed by atoms with E-state index in [1.807, 2.05) is 13.0 Å². The van der Waals surface area contributed by atoms with Crippen molar-refractivity contribution >= 4 is 32.7 Å². The van der Waals surface area contributed by atoms with Gasteiger partial charge < -0.3 is 14.6 Å². The Bertz CT molecular complexity index is 1490. The molecule has 0 amide bonds. The SMILES string of the molecule is Cc1nc2cnc(Nc3ccnc(-c4cnn(S(=O)(=O)C5CC5)c4)n3)cc2n1CC1CCOCC1. The zero-order valence-electron chi connectivity index (χ0n) is 19.3. The number of ether oxygens (including phenoxy) is 1. The van der Waals surface area contributed by atoms with Crippen molar-refractivity contribution in [3.63, 3.8) is 0 Å². The summed E-state index contributed by atoms with van der Waals surface area (Å²) in [6.45, 7) is 4.55. The molecule has 0 spiro atoms. The fourth-order valence-electron chi connectivity index (χ4n) is 4.41. The van der Waals surface area contributed by atoms with Crippen molar-refractivity contribution in [1.29, 1.82) is 0 Å². The number of imidazole rings is 1. The lowest BCUT2D eigenvalue weighted by atomic mass is 10.0. The molecule has 11 nitrogen and oxygen atoms in total. The number of hydrogen-bond acceptors (Lipinski definition) is 9. The van der Waals surface area contributed by atoms with E-state index >= 15 is 0 Å². The van der Waals surface area contributed by atoms with Gasteiger partial charge in [-0.3, -0.25) is 0 Å². The molecule has 2 aliphatic rings. The van der Waals surface area contributed by atoms with Crippen LogP contribution in [0.5, 0.6) is 0 Å². The van der Waals surface area contributed by atoms with E-state index < -0.39 is 10.0 Å². The Hall–Kier alpha value is -3.38. The van der Waals surface area contributed by atoms with Crippen molar-refractivity contribution in [3.05, 3.63) is 42.7 Å². The summed E-state index contributed by atoms with van der Waals surface area (Å²) in [5.41, 5.74) is 2.41. The normalized spacial score (nSPS) is 17.2. The third kappa shape index (κ3) is 4.39. The van der Waals surface area contributed by atoms with Crippen LogP contribution in [0.4, 0.5) is 11.6 Å². The van der Waals surface area contributed by atoms with Crippen molar-refractivity contribution < 1.29 is 13.2 Å². The van der Waals surface area contributed by atoms with E-state index in [0.29, 0.717) is 41.8 Å². The molecule has 1 N–H and O–H groups in total. The van der Waals surface area contributed by atoms with Gasteiger partial charge >= 0.3 is 0 Å². The fourth-order valence-corrected chi connectivity index (χ4v) is 5.89. The third-order valence-corrected chi connectivity index (χ3v) is 8.58. The number of fused-ring (bicyclic) bond motifs is 1. The van der Waals surface area contributed by atoms with Crippen LogP contribution in [0, 0.1) is 12.8 Å². The lowest BCUT2D eigenvalue weighted by molar-refractivity contribution is 0.0614. The first-order valence-corrected chi connectivity index (χ1v) is 13.3. The van der Waals surface area contributed by atoms with Crippen LogP contribution in [0.3, 0.4) is 0 Å². The molecule has 4 aromatic heterocycles. The number of nitrogens with zero attached hydrogens (tertiary/aromatic N) is 7. The van der Waals surface area contributed by atoms with E-state index in [1.54, 1.807) is 18.5 Å². The van der Waals surface area contributed by atoms with E-state index in [9.17, 15) is 8.42 Å². The minimum absolute atomic E-state index is 0.339. The van der Waals surface area contributed by atoms with Crippen molar-refractivity contribution in [1.82, 2.24) is 33.7 Å². The van der Waals surface area contributed by atoms with Gasteiger partial charge in [0.2, 0.25) is 0 Å². The van der Waals surface area contributed by atoms with Crippen LogP contribution in [0.2, 0.25) is 0 Å². The second kappa shape index (κ2) is 8.68. The summed E-state index contributed by atoms with van der Waals surface area (Å²) in [5.74, 6) is 3.11. The third-order valence-electron chi connectivity index (χ3n) is 6.54. The van der Waals surface area contributed by atoms with Crippen LogP contribution in [0.1, 0.15) is 31.5 Å². The van der Waals surface area contributed by atoms with Crippen molar-refractivity contribution in [3.8, 4) is 11.4 Å². The molecule has 1 saturated carbocycles. The monoisotopic (exact) mass is 494 g/mol. The maximum Gasteiger partial charge on any atom is 0.256 e. The van der Waals surface area contributed by atoms with E-state index in [4.69, 9.17) is 4.74 Å². The molecule has 0 bridgehead atoms. The zero-order valence-corrected chi connectivity index (χ0v) is 20.1. The van der Waals surface area contributed by atoms with Gasteiger partial charge in [0.15, 0.2) is 5.82 Å². The van der Waals surface area contributed by atoms with Crippen LogP contribution in [-0.2, 0) is 21.3 Å². The first-order chi connectivity index (χ1) is 17.0. The standard InChI is InChI=1S/C23H26N8O3S/c1-15-27-19-12-25-22(10-20(19)30(15)13-16-5-8-34-9-6-16)28-21-4-7-24-23(29-21)17-11-26-31(14-17)35(32,33)18-2-3-18/h4,7,10-12,14,16,18H,2-3,5-6,8-9,13H2,1H3,(H,24,25,28,29). The van der Waals surface area contributed by atoms with Gasteiger partial charge in [-0.2, -0.15) is 9.19 Å². The molecule has 35 heavy (non-hydrogen) atoms. The van der Waals surface area contributed by atoms with Gasteiger partial charge in [-0.1, -0.05) is 0 Å². The molecule has 0 unspecified atom stereocenters. The second-order valence-corrected chi connectivity index (χ2v) is 11.2. The van der Waals surface area contributed by atoms with E-state index in [1.165, 1.54) is 12.4 Å². The van der Waals surface area contributed by atoms with Crippen molar-refractivity contribution in [2.45, 2.75) is 44.4 Å². The van der Waals surface area contributed by atoms with Crippen LogP contribution in [0.15, 0.2) is 36.9 Å². The number of nitrogens with one attached hydrogen (secondary N) is 1. The number of pyridine rings is 1. The van der Waals surface area contributed by atoms with Crippen LogP contribution in [-0.4, -0.2) is 60.6 Å². The maximum atomic E-state index is 12.4. The summed E-state index contributed by atoms with van der Waals surface area (Å²) in [7, 11) is -3.44. The molecule has 0 atom stereocenters. The molecule has 5 heterocycles. The Balaban J connectivity index is 1.24. The Kier molecular flexibility index (Phi) is 5.49. The van der Waals surface area contributed by atoms with E-state index in [0.717, 1.165) is 53.5 Å². The first-order valence-electron chi connectivity index (χ1n) is 11.8. The molecule has 12 heteroatoms. The van der Waals surface area contributed by atoms with Gasteiger partial charge in [0.05, 0.1) is 34.9 Å². The van der Waals surface area contributed by atoms with Gasteiger partial charge in [-0.15, -0.1) is 0 Å². The Morgan fingerprint density at radius 2 is 1.91 bits per heavy atom. The number of aromatic nitrogens is 7. The minimum Gasteiger partial charge on any atom is -0.381 e. The second-order valence-electron chi connectivity index (χ2n) is 9.12. The highest BCUT2D eigenvalue weighted by molar-refractivity contribution is 7.90. The van der Waals surface area contributed by atoms with Crippen LogP contribution in [0.25, 0.3) is 22.4 Å². The summed E-state index contributed by atoms with van der Waals surface area (Å²) < 4.78 is 33.6. The zero-order chi connectivity index (χ0) is 24.0. The summed E-state index contributed by atoms with van der Waals surface area (Å²) in [6, 6.07) is 3.72. The van der Waals surface area contributed by atoms with Crippen LogP contribution < -0.4 is 5.32 Å². The minimum atomic E-state index is -3.44. The van der Waals surface area contributed by atoms with E-state index in [2.05, 4.69) is 34.9 Å². The Labute approximate surface area is 202 Å². The number of rotatable bonds is 7. The molecule has 2 fully saturated rings. The lowest BCUT2D eigenvalue weighted by Crippen LogP contribution is -2.20. The highest BCUT2D eigenvalue weighted by atomic mass is 32.2. The predicted octanol–water partition coefficient (Wildman–Crippen LogP) is 2.90. The number of aryl methyl sites for hydroxylation is 1. The average molecular weight is 495 g/mol. The molecular formula is C23H26N8O3S. The van der Waals surface area contributed by atoms with Gasteiger partial charge in [0, 0.05) is 32.0 Å². The predicted molar refractivity (Wildman–Crippen MR) is 130 cm³/mol. The van der Waals surface area contributed by atoms with Gasteiger partial charge in [0.1, 0.15) is 23.0 Å². The molecule has 1 aliphatic heterocycles. The average Bonchev–Trinajstić information content (AvgIpc) is 3.53. The molecule has 4 aromatic rings. The molecule has 0 radical (unpaired) electrons. The smallest absolute Gasteiger partial charge is 0.256 e. The summed E-state index contributed by atoms with van der Waals surface area (Å²) in [4.78, 5) is 18.0. The maximum absolute atomic E-state index is 12.4. The molecule has 1 saturated heterocycles.